The van der Waals surface area contributed by atoms with E-state index in [9.17, 15) is 4.79 Å². The van der Waals surface area contributed by atoms with Crippen LogP contribution < -0.4 is 9.47 Å². The second-order valence-corrected chi connectivity index (χ2v) is 3.02. The molecule has 1 rings (SSSR count). The predicted octanol–water partition coefficient (Wildman–Crippen LogP) is 2.27. The van der Waals surface area contributed by atoms with Crippen molar-refractivity contribution in [3.05, 3.63) is 23.8 Å². The fourth-order valence-electron chi connectivity index (χ4n) is 1.28. The maximum Gasteiger partial charge on any atom is 0.341 e. The number of benzene rings is 1. The molecule has 4 heteroatoms. The smallest absolute Gasteiger partial charge is 0.341 e. The van der Waals surface area contributed by atoms with Gasteiger partial charge in [-0.15, -0.1) is 0 Å². The first kappa shape index (κ1) is 12.4. The molecule has 16 heavy (non-hydrogen) atoms. The summed E-state index contributed by atoms with van der Waals surface area (Å²) in [7, 11) is 1.56. The zero-order chi connectivity index (χ0) is 12.0. The van der Waals surface area contributed by atoms with Crippen LogP contribution in [0.2, 0.25) is 0 Å². The Morgan fingerprint density at radius 2 is 2.00 bits per heavy atom. The molecule has 0 heterocycles. The highest BCUT2D eigenvalue weighted by Gasteiger charge is 2.14. The molecule has 0 N–H and O–H groups in total. The number of esters is 1. The van der Waals surface area contributed by atoms with Crippen molar-refractivity contribution in [1.29, 1.82) is 0 Å². The molecule has 0 amide bonds. The van der Waals surface area contributed by atoms with E-state index < -0.39 is 0 Å². The van der Waals surface area contributed by atoms with Gasteiger partial charge < -0.3 is 14.2 Å². The van der Waals surface area contributed by atoms with Gasteiger partial charge in [-0.3, -0.25) is 0 Å². The number of hydrogen-bond acceptors (Lipinski definition) is 4. The van der Waals surface area contributed by atoms with Gasteiger partial charge in [-0.2, -0.15) is 0 Å². The van der Waals surface area contributed by atoms with E-state index in [1.807, 2.05) is 6.92 Å². The van der Waals surface area contributed by atoms with Crippen LogP contribution in [0.25, 0.3) is 0 Å². The van der Waals surface area contributed by atoms with Crippen LogP contribution in [0.4, 0.5) is 0 Å². The Labute approximate surface area is 95.1 Å². The summed E-state index contributed by atoms with van der Waals surface area (Å²) >= 11 is 0. The molecule has 88 valence electrons. The third kappa shape index (κ3) is 2.89. The second kappa shape index (κ2) is 6.00. The molecule has 0 saturated heterocycles. The molecule has 0 radical (unpaired) electrons. The normalized spacial score (nSPS) is 9.69. The minimum atomic E-state index is -0.381. The molecule has 0 saturated carbocycles. The van der Waals surface area contributed by atoms with Gasteiger partial charge in [0.15, 0.2) is 0 Å². The summed E-state index contributed by atoms with van der Waals surface area (Å²) in [6.45, 7) is 4.45. The summed E-state index contributed by atoms with van der Waals surface area (Å²) in [6.07, 6.45) is 0. The maximum atomic E-state index is 11.6. The molecule has 0 aliphatic rings. The van der Waals surface area contributed by atoms with E-state index in [0.717, 1.165) is 0 Å². The summed E-state index contributed by atoms with van der Waals surface area (Å²) in [5.74, 6) is 0.755. The lowest BCUT2D eigenvalue weighted by Crippen LogP contribution is -2.08. The Morgan fingerprint density at radius 1 is 1.25 bits per heavy atom. The van der Waals surface area contributed by atoms with Gasteiger partial charge in [0.2, 0.25) is 0 Å². The van der Waals surface area contributed by atoms with Crippen molar-refractivity contribution in [3.63, 3.8) is 0 Å². The maximum absolute atomic E-state index is 11.6. The van der Waals surface area contributed by atoms with Gasteiger partial charge in [0.1, 0.15) is 17.1 Å². The topological polar surface area (TPSA) is 44.8 Å². The predicted molar refractivity (Wildman–Crippen MR) is 60.1 cm³/mol. The Hall–Kier alpha value is -1.71. The van der Waals surface area contributed by atoms with Crippen molar-refractivity contribution in [3.8, 4) is 11.5 Å². The molecule has 0 aliphatic heterocycles. The van der Waals surface area contributed by atoms with Crippen molar-refractivity contribution < 1.29 is 19.0 Å². The summed E-state index contributed by atoms with van der Waals surface area (Å²) < 4.78 is 15.4. The van der Waals surface area contributed by atoms with E-state index in [-0.39, 0.29) is 5.97 Å². The largest absolute Gasteiger partial charge is 0.497 e. The number of carbonyl (C=O) groups excluding carboxylic acids is 1. The van der Waals surface area contributed by atoms with Crippen LogP contribution in [-0.2, 0) is 4.74 Å². The highest BCUT2D eigenvalue weighted by molar-refractivity contribution is 5.92. The van der Waals surface area contributed by atoms with Crippen molar-refractivity contribution >= 4 is 5.97 Å². The first-order chi connectivity index (χ1) is 7.72. The van der Waals surface area contributed by atoms with Gasteiger partial charge in [-0.25, -0.2) is 4.79 Å². The molecule has 1 aromatic carbocycles. The van der Waals surface area contributed by atoms with E-state index in [4.69, 9.17) is 14.2 Å². The fraction of sp³-hybridized carbons (Fsp3) is 0.417. The third-order valence-electron chi connectivity index (χ3n) is 1.98. The Morgan fingerprint density at radius 3 is 2.56 bits per heavy atom. The molecule has 0 fully saturated rings. The van der Waals surface area contributed by atoms with Crippen LogP contribution in [0.3, 0.4) is 0 Å². The summed E-state index contributed by atoms with van der Waals surface area (Å²) in [5.41, 5.74) is 0.421. The standard InChI is InChI=1S/C12H16O4/c1-4-15-11-8-9(14-3)6-7-10(11)12(13)16-5-2/h6-8H,4-5H2,1-3H3. The summed E-state index contributed by atoms with van der Waals surface area (Å²) in [5, 5.41) is 0. The van der Waals surface area contributed by atoms with E-state index in [1.165, 1.54) is 0 Å². The number of carbonyl (C=O) groups is 1. The molecule has 0 bridgehead atoms. The minimum absolute atomic E-state index is 0.344. The number of methoxy groups -OCH3 is 1. The Kier molecular flexibility index (Phi) is 4.64. The van der Waals surface area contributed by atoms with Crippen LogP contribution in [0, 0.1) is 0 Å². The molecule has 1 aromatic rings. The van der Waals surface area contributed by atoms with Crippen molar-refractivity contribution in [2.75, 3.05) is 20.3 Å². The second-order valence-electron chi connectivity index (χ2n) is 3.02. The van der Waals surface area contributed by atoms with Gasteiger partial charge in [0.25, 0.3) is 0 Å². The molecular weight excluding hydrogens is 208 g/mol. The van der Waals surface area contributed by atoms with E-state index in [1.54, 1.807) is 32.2 Å². The number of hydrogen-bond donors (Lipinski definition) is 0. The first-order valence-corrected chi connectivity index (χ1v) is 5.20. The fourth-order valence-corrected chi connectivity index (χ4v) is 1.28. The molecule has 0 unspecified atom stereocenters. The van der Waals surface area contributed by atoms with Crippen molar-refractivity contribution in [1.82, 2.24) is 0 Å². The number of rotatable bonds is 5. The van der Waals surface area contributed by atoms with Gasteiger partial charge >= 0.3 is 5.97 Å². The van der Waals surface area contributed by atoms with Gasteiger partial charge in [0, 0.05) is 6.07 Å². The summed E-state index contributed by atoms with van der Waals surface area (Å²) in [4.78, 5) is 11.6. The molecule has 4 nitrogen and oxygen atoms in total. The molecule has 0 aliphatic carbocycles. The van der Waals surface area contributed by atoms with E-state index in [2.05, 4.69) is 0 Å². The molecule has 0 spiro atoms. The Balaban J connectivity index is 3.01. The average molecular weight is 224 g/mol. The van der Waals surface area contributed by atoms with Gasteiger partial charge in [0.05, 0.1) is 20.3 Å². The highest BCUT2D eigenvalue weighted by atomic mass is 16.5. The molecule has 0 atom stereocenters. The first-order valence-electron chi connectivity index (χ1n) is 5.20. The highest BCUT2D eigenvalue weighted by Crippen LogP contribution is 2.25. The lowest BCUT2D eigenvalue weighted by Gasteiger charge is -2.10. The van der Waals surface area contributed by atoms with Gasteiger partial charge in [-0.1, -0.05) is 0 Å². The van der Waals surface area contributed by atoms with Gasteiger partial charge in [-0.05, 0) is 26.0 Å². The minimum Gasteiger partial charge on any atom is -0.497 e. The van der Waals surface area contributed by atoms with Crippen LogP contribution in [0.15, 0.2) is 18.2 Å². The average Bonchev–Trinajstić information content (AvgIpc) is 2.29. The van der Waals surface area contributed by atoms with Crippen LogP contribution in [0.5, 0.6) is 11.5 Å². The monoisotopic (exact) mass is 224 g/mol. The third-order valence-corrected chi connectivity index (χ3v) is 1.98. The quantitative estimate of drug-likeness (QED) is 0.720. The lowest BCUT2D eigenvalue weighted by molar-refractivity contribution is 0.0522. The van der Waals surface area contributed by atoms with E-state index >= 15 is 0 Å². The summed E-state index contributed by atoms with van der Waals surface area (Å²) in [6, 6.07) is 5.02. The van der Waals surface area contributed by atoms with Crippen molar-refractivity contribution in [2.45, 2.75) is 13.8 Å². The van der Waals surface area contributed by atoms with E-state index in [0.29, 0.717) is 30.3 Å². The van der Waals surface area contributed by atoms with Crippen molar-refractivity contribution in [2.24, 2.45) is 0 Å². The Bertz CT molecular complexity index is 360. The van der Waals surface area contributed by atoms with Crippen LogP contribution in [0.1, 0.15) is 24.2 Å². The van der Waals surface area contributed by atoms with Crippen LogP contribution >= 0.6 is 0 Å². The zero-order valence-electron chi connectivity index (χ0n) is 9.78. The number of ether oxygens (including phenoxy) is 3. The SMILES string of the molecule is CCOC(=O)c1ccc(OC)cc1OCC. The molecule has 0 aromatic heterocycles. The lowest BCUT2D eigenvalue weighted by atomic mass is 10.2. The molecular formula is C12H16O4. The zero-order valence-corrected chi connectivity index (χ0v) is 9.78. The van der Waals surface area contributed by atoms with Crippen LogP contribution in [-0.4, -0.2) is 26.3 Å².